The topological polar surface area (TPSA) is 151 Å². The Kier molecular flexibility index (Phi) is 7.86. The maximum atomic E-state index is 11.8. The monoisotopic (exact) mass is 459 g/mol. The molecule has 3 rings (SSSR count). The number of carbonyl (C=O) groups is 1. The van der Waals surface area contributed by atoms with Crippen LogP contribution in [-0.2, 0) is 15.2 Å². The highest BCUT2D eigenvalue weighted by atomic mass is 32.2. The number of hydrogen-bond donors (Lipinski definition) is 1. The van der Waals surface area contributed by atoms with Crippen LogP contribution >= 0.6 is 0 Å². The molecule has 0 atom stereocenters. The van der Waals surface area contributed by atoms with E-state index in [0.29, 0.717) is 11.4 Å². The third kappa shape index (κ3) is 6.37. The van der Waals surface area contributed by atoms with Crippen LogP contribution < -0.4 is 19.5 Å². The van der Waals surface area contributed by atoms with E-state index < -0.39 is 16.6 Å². The minimum atomic E-state index is -2.80. The molecule has 0 aliphatic carbocycles. The predicted molar refractivity (Wildman–Crippen MR) is 111 cm³/mol. The Morgan fingerprint density at radius 2 is 1.81 bits per heavy atom. The van der Waals surface area contributed by atoms with Crippen molar-refractivity contribution in [3.05, 3.63) is 55.1 Å². The Morgan fingerprint density at radius 1 is 1.06 bits per heavy atom. The van der Waals surface area contributed by atoms with Crippen molar-refractivity contribution in [2.24, 2.45) is 4.36 Å². The number of anilines is 1. The Morgan fingerprint density at radius 3 is 2.53 bits per heavy atom. The van der Waals surface area contributed by atoms with Crippen LogP contribution in [0.3, 0.4) is 0 Å². The molecule has 0 fully saturated rings. The molecule has 1 aromatic carbocycles. The fourth-order valence-corrected chi connectivity index (χ4v) is 2.62. The lowest BCUT2D eigenvalue weighted by Crippen LogP contribution is -2.18. The first-order chi connectivity index (χ1) is 15.6. The van der Waals surface area contributed by atoms with Crippen LogP contribution in [-0.4, -0.2) is 49.8 Å². The van der Waals surface area contributed by atoms with Gasteiger partial charge in [0.1, 0.15) is 19.5 Å². The summed E-state index contributed by atoms with van der Waals surface area (Å²) in [5, 5.41) is 2.52. The molecule has 2 heterocycles. The van der Waals surface area contributed by atoms with Crippen molar-refractivity contribution in [2.75, 3.05) is 25.6 Å². The molecule has 0 aliphatic heterocycles. The molecular weight excluding hydrogens is 442 g/mol. The lowest BCUT2D eigenvalue weighted by atomic mass is 10.3. The zero-order valence-electron chi connectivity index (χ0n) is 16.7. The number of nitrogens with zero attached hydrogens (tertiary/aromatic N) is 4. The first kappa shape index (κ1) is 22.4. The van der Waals surface area contributed by atoms with Gasteiger partial charge in [-0.25, -0.2) is 9.78 Å². The summed E-state index contributed by atoms with van der Waals surface area (Å²) in [5.41, 5.74) is 0.520. The number of carbonyl (C=O) groups excluding carboxylic acids is 1. The molecule has 0 saturated heterocycles. The van der Waals surface area contributed by atoms with Crippen molar-refractivity contribution < 1.29 is 32.2 Å². The minimum absolute atomic E-state index is 0.103. The molecule has 0 radical (unpaired) electrons. The lowest BCUT2D eigenvalue weighted by molar-refractivity contribution is 0.135. The normalized spacial score (nSPS) is 10.0. The van der Waals surface area contributed by atoms with Crippen molar-refractivity contribution in [1.29, 1.82) is 0 Å². The summed E-state index contributed by atoms with van der Waals surface area (Å²) in [6.45, 7) is -0.238. The van der Waals surface area contributed by atoms with Crippen molar-refractivity contribution in [3.8, 4) is 23.1 Å². The Bertz CT molecular complexity index is 1200. The van der Waals surface area contributed by atoms with Gasteiger partial charge in [-0.05, 0) is 24.3 Å². The number of amides is 1. The zero-order valence-corrected chi connectivity index (χ0v) is 17.5. The molecule has 0 spiro atoms. The van der Waals surface area contributed by atoms with Crippen molar-refractivity contribution in [2.45, 2.75) is 0 Å². The van der Waals surface area contributed by atoms with E-state index in [0.717, 1.165) is 6.33 Å². The summed E-state index contributed by atoms with van der Waals surface area (Å²) >= 11 is 0. The highest BCUT2D eigenvalue weighted by Gasteiger charge is 2.18. The highest BCUT2D eigenvalue weighted by molar-refractivity contribution is 7.61. The van der Waals surface area contributed by atoms with Gasteiger partial charge < -0.3 is 18.9 Å². The molecule has 3 aromatic rings. The second-order valence-corrected chi connectivity index (χ2v) is 6.35. The molecule has 0 saturated carbocycles. The summed E-state index contributed by atoms with van der Waals surface area (Å²) < 4.78 is 47.1. The number of benzene rings is 1. The molecule has 12 nitrogen and oxygen atoms in total. The van der Waals surface area contributed by atoms with Gasteiger partial charge in [0.2, 0.25) is 11.6 Å². The molecule has 32 heavy (non-hydrogen) atoms. The molecule has 0 bridgehead atoms. The smallest absolute Gasteiger partial charge is 0.411 e. The number of pyridine rings is 1. The maximum Gasteiger partial charge on any atom is 0.411 e. The highest BCUT2D eigenvalue weighted by Crippen LogP contribution is 2.40. The molecule has 1 N–H and O–H groups in total. The number of para-hydroxylation sites is 2. The van der Waals surface area contributed by atoms with Gasteiger partial charge in [-0.2, -0.15) is 13.4 Å². The summed E-state index contributed by atoms with van der Waals surface area (Å²) in [4.78, 5) is 23.4. The summed E-state index contributed by atoms with van der Waals surface area (Å²) in [5.74, 6) is 0.115. The molecule has 166 valence electrons. The fraction of sp³-hybridized carbons (Fsp3) is 0.158. The average Bonchev–Trinajstić information content (AvgIpc) is 2.79. The third-order valence-corrected chi connectivity index (χ3v) is 4.00. The van der Waals surface area contributed by atoms with Crippen LogP contribution in [0.2, 0.25) is 0 Å². The molecule has 0 aliphatic rings. The third-order valence-electron chi connectivity index (χ3n) is 3.68. The molecule has 1 amide bonds. The number of rotatable bonds is 9. The van der Waals surface area contributed by atoms with E-state index in [1.165, 1.54) is 19.5 Å². The van der Waals surface area contributed by atoms with Gasteiger partial charge in [-0.3, -0.25) is 10.3 Å². The van der Waals surface area contributed by atoms with E-state index in [9.17, 15) is 13.2 Å². The summed E-state index contributed by atoms with van der Waals surface area (Å²) in [6.07, 6.45) is 3.42. The molecular formula is C19H17N5O7S. The number of hydrogen-bond acceptors (Lipinski definition) is 11. The van der Waals surface area contributed by atoms with Crippen LogP contribution in [0.4, 0.5) is 16.3 Å². The van der Waals surface area contributed by atoms with Gasteiger partial charge in [-0.15, -0.1) is 4.36 Å². The van der Waals surface area contributed by atoms with Gasteiger partial charge in [0.05, 0.1) is 7.11 Å². The Hall–Kier alpha value is -4.26. The molecule has 2 aromatic heterocycles. The largest absolute Gasteiger partial charge is 0.493 e. The van der Waals surface area contributed by atoms with E-state index in [1.807, 2.05) is 0 Å². The van der Waals surface area contributed by atoms with Gasteiger partial charge in [0.15, 0.2) is 11.5 Å². The van der Waals surface area contributed by atoms with Crippen LogP contribution in [0.25, 0.3) is 0 Å². The predicted octanol–water partition coefficient (Wildman–Crippen LogP) is 2.99. The van der Waals surface area contributed by atoms with Crippen LogP contribution in [0, 0.1) is 0 Å². The second kappa shape index (κ2) is 11.2. The Balaban J connectivity index is 1.70. The first-order valence-electron chi connectivity index (χ1n) is 9.00. The molecule has 13 heteroatoms. The van der Waals surface area contributed by atoms with Gasteiger partial charge >= 0.3 is 16.6 Å². The van der Waals surface area contributed by atoms with Crippen molar-refractivity contribution in [1.82, 2.24) is 15.0 Å². The summed E-state index contributed by atoms with van der Waals surface area (Å²) in [7, 11) is -1.35. The van der Waals surface area contributed by atoms with Crippen LogP contribution in [0.15, 0.2) is 59.5 Å². The maximum absolute atomic E-state index is 11.8. The quantitative estimate of drug-likeness (QED) is 0.473. The number of methoxy groups -OCH3 is 1. The summed E-state index contributed by atoms with van der Waals surface area (Å²) in [6, 6.07) is 9.88. The number of aromatic nitrogens is 3. The standard InChI is InChI=1S/C19H17N5O7S/c1-28-14-4-2-3-5-15(14)31-16-17(24-32(26)27)21-12-22-18(16)29-10-11-30-19(25)23-13-6-8-20-9-7-13/h2-9,12H,10-11H2,1H3,(H,20,23,25). The average molecular weight is 459 g/mol. The zero-order chi connectivity index (χ0) is 22.8. The first-order valence-corrected chi connectivity index (χ1v) is 10.0. The van der Waals surface area contributed by atoms with Crippen molar-refractivity contribution in [3.63, 3.8) is 0 Å². The van der Waals surface area contributed by atoms with Crippen molar-refractivity contribution >= 4 is 28.1 Å². The Labute approximate surface area is 183 Å². The van der Waals surface area contributed by atoms with E-state index in [4.69, 9.17) is 18.9 Å². The van der Waals surface area contributed by atoms with Crippen LogP contribution in [0.1, 0.15) is 0 Å². The van der Waals surface area contributed by atoms with Crippen LogP contribution in [0.5, 0.6) is 23.1 Å². The van der Waals surface area contributed by atoms with E-state index in [-0.39, 0.29) is 36.4 Å². The number of ether oxygens (including phenoxy) is 4. The van der Waals surface area contributed by atoms with E-state index in [2.05, 4.69) is 24.6 Å². The minimum Gasteiger partial charge on any atom is -0.493 e. The van der Waals surface area contributed by atoms with E-state index in [1.54, 1.807) is 36.4 Å². The van der Waals surface area contributed by atoms with Gasteiger partial charge in [-0.1, -0.05) is 12.1 Å². The van der Waals surface area contributed by atoms with Gasteiger partial charge in [0, 0.05) is 18.1 Å². The fourth-order valence-electron chi connectivity index (χ4n) is 2.35. The number of nitrogens with one attached hydrogen (secondary N) is 1. The molecule has 0 unspecified atom stereocenters. The SMILES string of the molecule is COc1ccccc1Oc1c(N=S(=O)=O)ncnc1OCCOC(=O)Nc1ccncc1. The lowest BCUT2D eigenvalue weighted by Gasteiger charge is -2.14. The van der Waals surface area contributed by atoms with E-state index >= 15 is 0 Å². The second-order valence-electron chi connectivity index (χ2n) is 5.74. The van der Waals surface area contributed by atoms with Gasteiger partial charge in [0.25, 0.3) is 5.88 Å².